The molecule has 1 atom stereocenters. The van der Waals surface area contributed by atoms with Crippen LogP contribution in [0.2, 0.25) is 0 Å². The first-order valence-electron chi connectivity index (χ1n) is 11.4. The van der Waals surface area contributed by atoms with Gasteiger partial charge < -0.3 is 4.74 Å². The first-order chi connectivity index (χ1) is 12.6. The number of unbranched alkanes of at least 4 members (excludes halogenated alkanes) is 12. The molecule has 0 saturated heterocycles. The predicted molar refractivity (Wildman–Crippen MR) is 114 cm³/mol. The van der Waals surface area contributed by atoms with Gasteiger partial charge in [-0.05, 0) is 19.3 Å². The highest BCUT2D eigenvalue weighted by atomic mass is 16.5. The number of hydrogen-bond donors (Lipinski definition) is 0. The van der Waals surface area contributed by atoms with Crippen molar-refractivity contribution in [2.24, 2.45) is 5.92 Å². The Hall–Kier alpha value is -0.790. The van der Waals surface area contributed by atoms with Gasteiger partial charge in [-0.1, -0.05) is 117 Å². The van der Waals surface area contributed by atoms with E-state index in [9.17, 15) is 4.79 Å². The van der Waals surface area contributed by atoms with E-state index in [1.54, 1.807) is 6.92 Å². The van der Waals surface area contributed by atoms with Gasteiger partial charge >= 0.3 is 5.97 Å². The lowest BCUT2D eigenvalue weighted by atomic mass is 9.96. The maximum atomic E-state index is 11.2. The van der Waals surface area contributed by atoms with Crippen LogP contribution >= 0.6 is 0 Å². The first-order valence-corrected chi connectivity index (χ1v) is 11.4. The number of carbonyl (C=O) groups excluding carboxylic acids is 1. The van der Waals surface area contributed by atoms with Gasteiger partial charge in [-0.25, -0.2) is 4.79 Å². The van der Waals surface area contributed by atoms with Gasteiger partial charge in [0.2, 0.25) is 0 Å². The average Bonchev–Trinajstić information content (AvgIpc) is 2.61. The second kappa shape index (κ2) is 19.0. The second-order valence-electron chi connectivity index (χ2n) is 8.19. The highest BCUT2D eigenvalue weighted by Crippen LogP contribution is 2.18. The SMILES string of the molecule is C=C(C)C(=O)OCCCCCCCCCCCCCC(C)CCCCC. The molecule has 0 aromatic heterocycles. The Bertz CT molecular complexity index is 335. The first kappa shape index (κ1) is 25.2. The maximum Gasteiger partial charge on any atom is 0.333 e. The molecular weight excluding hydrogens is 320 g/mol. The number of carbonyl (C=O) groups is 1. The van der Waals surface area contributed by atoms with Crippen molar-refractivity contribution in [1.29, 1.82) is 0 Å². The molecule has 2 heteroatoms. The van der Waals surface area contributed by atoms with Gasteiger partial charge in [-0.15, -0.1) is 0 Å². The summed E-state index contributed by atoms with van der Waals surface area (Å²) in [4.78, 5) is 11.2. The molecule has 0 aromatic rings. The highest BCUT2D eigenvalue weighted by molar-refractivity contribution is 5.86. The van der Waals surface area contributed by atoms with Crippen molar-refractivity contribution in [3.8, 4) is 0 Å². The van der Waals surface area contributed by atoms with Crippen LogP contribution in [-0.2, 0) is 9.53 Å². The lowest BCUT2D eigenvalue weighted by Gasteiger charge is -2.10. The van der Waals surface area contributed by atoms with Crippen LogP contribution < -0.4 is 0 Å². The molecule has 0 amide bonds. The van der Waals surface area contributed by atoms with E-state index < -0.39 is 0 Å². The summed E-state index contributed by atoms with van der Waals surface area (Å²) < 4.78 is 5.10. The molecule has 0 saturated carbocycles. The van der Waals surface area contributed by atoms with E-state index in [0.717, 1.165) is 12.3 Å². The molecular formula is C24H46O2. The molecule has 0 aliphatic carbocycles. The van der Waals surface area contributed by atoms with Gasteiger partial charge in [0.25, 0.3) is 0 Å². The van der Waals surface area contributed by atoms with Crippen LogP contribution in [0.5, 0.6) is 0 Å². The molecule has 154 valence electrons. The molecule has 0 spiro atoms. The maximum absolute atomic E-state index is 11.2. The lowest BCUT2D eigenvalue weighted by molar-refractivity contribution is -0.139. The summed E-state index contributed by atoms with van der Waals surface area (Å²) in [7, 11) is 0. The van der Waals surface area contributed by atoms with Crippen LogP contribution in [0, 0.1) is 5.92 Å². The predicted octanol–water partition coefficient (Wildman–Crippen LogP) is 8.00. The second-order valence-corrected chi connectivity index (χ2v) is 8.19. The number of hydrogen-bond acceptors (Lipinski definition) is 2. The van der Waals surface area contributed by atoms with E-state index in [2.05, 4.69) is 20.4 Å². The summed E-state index contributed by atoms with van der Waals surface area (Å²) in [6.45, 7) is 10.5. The molecule has 0 bridgehead atoms. The molecule has 0 fully saturated rings. The minimum Gasteiger partial charge on any atom is -0.462 e. The quantitative estimate of drug-likeness (QED) is 0.131. The fourth-order valence-corrected chi connectivity index (χ4v) is 3.36. The van der Waals surface area contributed by atoms with Crippen molar-refractivity contribution in [3.05, 3.63) is 12.2 Å². The van der Waals surface area contributed by atoms with Crippen molar-refractivity contribution in [3.63, 3.8) is 0 Å². The molecule has 0 aliphatic rings. The largest absolute Gasteiger partial charge is 0.462 e. The molecule has 2 nitrogen and oxygen atoms in total. The van der Waals surface area contributed by atoms with Crippen molar-refractivity contribution in [1.82, 2.24) is 0 Å². The number of rotatable bonds is 19. The third kappa shape index (κ3) is 18.0. The zero-order valence-electron chi connectivity index (χ0n) is 18.1. The molecule has 26 heavy (non-hydrogen) atoms. The van der Waals surface area contributed by atoms with Gasteiger partial charge in [0.05, 0.1) is 6.61 Å². The van der Waals surface area contributed by atoms with E-state index in [1.807, 2.05) is 0 Å². The molecule has 0 radical (unpaired) electrons. The Morgan fingerprint density at radius 2 is 1.19 bits per heavy atom. The fraction of sp³-hybridized carbons (Fsp3) is 0.875. The number of esters is 1. The highest BCUT2D eigenvalue weighted by Gasteiger charge is 2.02. The Balaban J connectivity index is 3.15. The topological polar surface area (TPSA) is 26.3 Å². The monoisotopic (exact) mass is 366 g/mol. The Morgan fingerprint density at radius 3 is 1.65 bits per heavy atom. The summed E-state index contributed by atoms with van der Waals surface area (Å²) >= 11 is 0. The molecule has 0 N–H and O–H groups in total. The van der Waals surface area contributed by atoms with Crippen molar-refractivity contribution in [2.45, 2.75) is 124 Å². The summed E-state index contributed by atoms with van der Waals surface area (Å²) in [5.74, 6) is 0.682. The Labute approximate surface area is 164 Å². The Kier molecular flexibility index (Phi) is 18.4. The minimum absolute atomic E-state index is 0.254. The molecule has 0 aliphatic heterocycles. The van der Waals surface area contributed by atoms with Crippen LogP contribution in [0.3, 0.4) is 0 Å². The van der Waals surface area contributed by atoms with Crippen LogP contribution in [0.15, 0.2) is 12.2 Å². The lowest BCUT2D eigenvalue weighted by Crippen LogP contribution is -2.05. The summed E-state index contributed by atoms with van der Waals surface area (Å²) in [6.07, 6.45) is 21.7. The molecule has 0 heterocycles. The smallest absolute Gasteiger partial charge is 0.333 e. The summed E-state index contributed by atoms with van der Waals surface area (Å²) in [6, 6.07) is 0. The zero-order chi connectivity index (χ0) is 19.5. The third-order valence-electron chi connectivity index (χ3n) is 5.22. The Morgan fingerprint density at radius 1 is 0.769 bits per heavy atom. The van der Waals surface area contributed by atoms with E-state index in [0.29, 0.717) is 12.2 Å². The summed E-state index contributed by atoms with van der Waals surface area (Å²) in [5, 5.41) is 0. The van der Waals surface area contributed by atoms with Crippen molar-refractivity contribution < 1.29 is 9.53 Å². The molecule has 1 unspecified atom stereocenters. The van der Waals surface area contributed by atoms with Crippen LogP contribution in [0.4, 0.5) is 0 Å². The van der Waals surface area contributed by atoms with E-state index >= 15 is 0 Å². The van der Waals surface area contributed by atoms with E-state index in [1.165, 1.54) is 96.3 Å². The van der Waals surface area contributed by atoms with Gasteiger partial charge in [0.15, 0.2) is 0 Å². The van der Waals surface area contributed by atoms with E-state index in [4.69, 9.17) is 4.74 Å². The van der Waals surface area contributed by atoms with Crippen LogP contribution in [0.25, 0.3) is 0 Å². The third-order valence-corrected chi connectivity index (χ3v) is 5.22. The van der Waals surface area contributed by atoms with E-state index in [-0.39, 0.29) is 5.97 Å². The standard InChI is InChI=1S/C24H46O2/c1-5-6-16-19-23(4)20-17-14-12-10-8-7-9-11-13-15-18-21-26-24(25)22(2)3/h23H,2,5-21H2,1,3-4H3. The van der Waals surface area contributed by atoms with Gasteiger partial charge in [-0.2, -0.15) is 0 Å². The number of ether oxygens (including phenoxy) is 1. The summed E-state index contributed by atoms with van der Waals surface area (Å²) in [5.41, 5.74) is 0.492. The van der Waals surface area contributed by atoms with Gasteiger partial charge in [0, 0.05) is 5.57 Å². The zero-order valence-corrected chi connectivity index (χ0v) is 18.1. The minimum atomic E-state index is -0.254. The van der Waals surface area contributed by atoms with Gasteiger partial charge in [-0.3, -0.25) is 0 Å². The van der Waals surface area contributed by atoms with Crippen LogP contribution in [-0.4, -0.2) is 12.6 Å². The average molecular weight is 367 g/mol. The normalized spacial score (nSPS) is 12.1. The van der Waals surface area contributed by atoms with Crippen molar-refractivity contribution in [2.75, 3.05) is 6.61 Å². The van der Waals surface area contributed by atoms with Crippen LogP contribution in [0.1, 0.15) is 124 Å². The fourth-order valence-electron chi connectivity index (χ4n) is 3.36. The molecule has 0 aromatic carbocycles. The molecule has 0 rings (SSSR count). The van der Waals surface area contributed by atoms with Crippen molar-refractivity contribution >= 4 is 5.97 Å². The van der Waals surface area contributed by atoms with Gasteiger partial charge in [0.1, 0.15) is 0 Å².